The van der Waals surface area contributed by atoms with E-state index in [2.05, 4.69) is 15.1 Å². The Balaban J connectivity index is 1.83. The smallest absolute Gasteiger partial charge is 0.221 e. The van der Waals surface area contributed by atoms with Crippen molar-refractivity contribution in [2.45, 2.75) is 19.4 Å². The number of hydrogen-bond acceptors (Lipinski definition) is 3. The molecule has 122 valence electrons. The summed E-state index contributed by atoms with van der Waals surface area (Å²) in [5, 5.41) is 6.60. The molecule has 2 heterocycles. The highest BCUT2D eigenvalue weighted by Gasteiger charge is 2.25. The summed E-state index contributed by atoms with van der Waals surface area (Å²) in [6.07, 6.45) is 3.22. The Morgan fingerprint density at radius 1 is 1.39 bits per heavy atom. The van der Waals surface area contributed by atoms with Gasteiger partial charge in [-0.25, -0.2) is 8.78 Å². The first-order valence-corrected chi connectivity index (χ1v) is 7.54. The van der Waals surface area contributed by atoms with Crippen molar-refractivity contribution in [1.29, 1.82) is 0 Å². The zero-order valence-electron chi connectivity index (χ0n) is 12.6. The van der Waals surface area contributed by atoms with Gasteiger partial charge >= 0.3 is 0 Å². The van der Waals surface area contributed by atoms with Gasteiger partial charge in [0.25, 0.3) is 0 Å². The maximum Gasteiger partial charge on any atom is 0.221 e. The fourth-order valence-corrected chi connectivity index (χ4v) is 3.06. The van der Waals surface area contributed by atoms with Crippen LogP contribution >= 0.6 is 0 Å². The molecule has 1 aromatic heterocycles. The lowest BCUT2D eigenvalue weighted by Gasteiger charge is -2.31. The molecule has 0 aliphatic carbocycles. The number of piperidine rings is 1. The van der Waals surface area contributed by atoms with Crippen LogP contribution in [0.4, 0.5) is 8.78 Å². The third-order valence-corrected chi connectivity index (χ3v) is 4.23. The predicted octanol–water partition coefficient (Wildman–Crippen LogP) is 2.05. The lowest BCUT2D eigenvalue weighted by Crippen LogP contribution is -2.40. The van der Waals surface area contributed by atoms with Gasteiger partial charge in [-0.05, 0) is 31.5 Å². The van der Waals surface area contributed by atoms with Gasteiger partial charge in [-0.1, -0.05) is 6.07 Å². The zero-order valence-corrected chi connectivity index (χ0v) is 12.6. The summed E-state index contributed by atoms with van der Waals surface area (Å²) in [7, 11) is 0. The number of halogens is 2. The largest absolute Gasteiger partial charge is 0.369 e. The summed E-state index contributed by atoms with van der Waals surface area (Å²) in [6, 6.07) is 3.76. The number of H-pyrrole nitrogens is 1. The fourth-order valence-electron chi connectivity index (χ4n) is 3.06. The van der Waals surface area contributed by atoms with Gasteiger partial charge in [-0.15, -0.1) is 0 Å². The summed E-state index contributed by atoms with van der Waals surface area (Å²) < 4.78 is 28.0. The Morgan fingerprint density at radius 3 is 2.83 bits per heavy atom. The normalized spacial score (nSPS) is 19.0. The molecule has 1 fully saturated rings. The second kappa shape index (κ2) is 6.45. The van der Waals surface area contributed by atoms with Gasteiger partial charge in [0.05, 0.1) is 23.4 Å². The van der Waals surface area contributed by atoms with Crippen LogP contribution in [0.3, 0.4) is 0 Å². The molecule has 0 unspecified atom stereocenters. The van der Waals surface area contributed by atoms with Crippen LogP contribution in [0.25, 0.3) is 11.3 Å². The second-order valence-electron chi connectivity index (χ2n) is 5.84. The van der Waals surface area contributed by atoms with Crippen molar-refractivity contribution in [3.8, 4) is 11.3 Å². The minimum Gasteiger partial charge on any atom is -0.369 e. The van der Waals surface area contributed by atoms with E-state index in [9.17, 15) is 13.6 Å². The minimum absolute atomic E-state index is 0.108. The predicted molar refractivity (Wildman–Crippen MR) is 81.1 cm³/mol. The van der Waals surface area contributed by atoms with E-state index >= 15 is 0 Å². The van der Waals surface area contributed by atoms with Crippen molar-refractivity contribution in [1.82, 2.24) is 15.1 Å². The number of nitrogens with one attached hydrogen (secondary N) is 1. The molecule has 0 bridgehead atoms. The van der Waals surface area contributed by atoms with Crippen LogP contribution in [0.1, 0.15) is 18.4 Å². The zero-order chi connectivity index (χ0) is 16.4. The summed E-state index contributed by atoms with van der Waals surface area (Å²) in [4.78, 5) is 13.4. The van der Waals surface area contributed by atoms with E-state index in [1.165, 1.54) is 18.2 Å². The summed E-state index contributed by atoms with van der Waals surface area (Å²) in [5.41, 5.74) is 6.30. The molecule has 1 amide bonds. The standard InChI is InChI=1S/C16H18F2N4O/c17-12-4-1-5-13(18)14(12)15-11(7-20-21-15)9-22-6-2-3-10(8-22)16(19)23/h1,4-5,7,10H,2-3,6,8-9H2,(H2,19,23)(H,20,21)/t10-/m0/s1. The van der Waals surface area contributed by atoms with Crippen LogP contribution in [0, 0.1) is 17.6 Å². The molecular weight excluding hydrogens is 302 g/mol. The molecule has 3 N–H and O–H groups in total. The van der Waals surface area contributed by atoms with Crippen LogP contribution in [0.15, 0.2) is 24.4 Å². The number of nitrogens with zero attached hydrogens (tertiary/aromatic N) is 2. The number of likely N-dealkylation sites (tertiary alicyclic amines) is 1. The SMILES string of the molecule is NC(=O)[C@H]1CCCN(Cc2cn[nH]c2-c2c(F)cccc2F)C1. The van der Waals surface area contributed by atoms with Gasteiger partial charge in [-0.2, -0.15) is 5.10 Å². The Kier molecular flexibility index (Phi) is 4.38. The average Bonchev–Trinajstić information content (AvgIpc) is 2.95. The third kappa shape index (κ3) is 3.24. The number of benzene rings is 1. The number of carbonyl (C=O) groups excluding carboxylic acids is 1. The molecule has 1 atom stereocenters. The lowest BCUT2D eigenvalue weighted by molar-refractivity contribution is -0.123. The number of nitrogens with two attached hydrogens (primary N) is 1. The van der Waals surface area contributed by atoms with E-state index in [4.69, 9.17) is 5.73 Å². The molecule has 0 spiro atoms. The average molecular weight is 320 g/mol. The number of primary amides is 1. The van der Waals surface area contributed by atoms with E-state index in [-0.39, 0.29) is 17.4 Å². The lowest BCUT2D eigenvalue weighted by atomic mass is 9.97. The molecule has 0 saturated carbocycles. The van der Waals surface area contributed by atoms with Crippen LogP contribution in [0.2, 0.25) is 0 Å². The number of hydrogen-bond donors (Lipinski definition) is 2. The first-order chi connectivity index (χ1) is 11.1. The molecule has 1 aromatic carbocycles. The maximum atomic E-state index is 14.0. The van der Waals surface area contributed by atoms with Crippen LogP contribution in [-0.2, 0) is 11.3 Å². The highest BCUT2D eigenvalue weighted by molar-refractivity contribution is 5.77. The monoisotopic (exact) mass is 320 g/mol. The first kappa shape index (κ1) is 15.6. The van der Waals surface area contributed by atoms with Gasteiger partial charge < -0.3 is 5.73 Å². The number of aromatic amines is 1. The second-order valence-corrected chi connectivity index (χ2v) is 5.84. The molecule has 3 rings (SSSR count). The van der Waals surface area contributed by atoms with Crippen molar-refractivity contribution >= 4 is 5.91 Å². The minimum atomic E-state index is -0.635. The first-order valence-electron chi connectivity index (χ1n) is 7.54. The summed E-state index contributed by atoms with van der Waals surface area (Å²) >= 11 is 0. The van der Waals surface area contributed by atoms with E-state index < -0.39 is 11.6 Å². The summed E-state index contributed by atoms with van der Waals surface area (Å²) in [5.74, 6) is -1.75. The molecule has 1 aliphatic rings. The molecule has 2 aromatic rings. The molecule has 5 nitrogen and oxygen atoms in total. The van der Waals surface area contributed by atoms with E-state index in [1.54, 1.807) is 6.20 Å². The Hall–Kier alpha value is -2.28. The van der Waals surface area contributed by atoms with Gasteiger partial charge in [0.2, 0.25) is 5.91 Å². The topological polar surface area (TPSA) is 75.0 Å². The third-order valence-electron chi connectivity index (χ3n) is 4.23. The Bertz CT molecular complexity index is 696. The summed E-state index contributed by atoms with van der Waals surface area (Å²) in [6.45, 7) is 1.83. The maximum absolute atomic E-state index is 14.0. The fraction of sp³-hybridized carbons (Fsp3) is 0.375. The molecule has 1 aliphatic heterocycles. The van der Waals surface area contributed by atoms with Crippen molar-refractivity contribution in [3.63, 3.8) is 0 Å². The van der Waals surface area contributed by atoms with Gasteiger partial charge in [0, 0.05) is 18.7 Å². The van der Waals surface area contributed by atoms with Crippen LogP contribution in [0.5, 0.6) is 0 Å². The van der Waals surface area contributed by atoms with Crippen molar-refractivity contribution in [2.24, 2.45) is 11.7 Å². The Morgan fingerprint density at radius 2 is 2.13 bits per heavy atom. The van der Waals surface area contributed by atoms with Gasteiger partial charge in [0.15, 0.2) is 0 Å². The van der Waals surface area contributed by atoms with Gasteiger partial charge in [0.1, 0.15) is 11.6 Å². The van der Waals surface area contributed by atoms with Crippen LogP contribution in [-0.4, -0.2) is 34.1 Å². The number of rotatable bonds is 4. The number of carbonyl (C=O) groups is 1. The molecule has 1 saturated heterocycles. The van der Waals surface area contributed by atoms with Gasteiger partial charge in [-0.3, -0.25) is 14.8 Å². The van der Waals surface area contributed by atoms with Crippen molar-refractivity contribution < 1.29 is 13.6 Å². The van der Waals surface area contributed by atoms with Crippen molar-refractivity contribution in [2.75, 3.05) is 13.1 Å². The number of aromatic nitrogens is 2. The van der Waals surface area contributed by atoms with E-state index in [1.807, 2.05) is 0 Å². The van der Waals surface area contributed by atoms with E-state index in [0.717, 1.165) is 19.4 Å². The highest BCUT2D eigenvalue weighted by atomic mass is 19.1. The molecular formula is C16H18F2N4O. The molecule has 23 heavy (non-hydrogen) atoms. The quantitative estimate of drug-likeness (QED) is 0.905. The molecule has 0 radical (unpaired) electrons. The van der Waals surface area contributed by atoms with Crippen molar-refractivity contribution in [3.05, 3.63) is 41.6 Å². The number of amides is 1. The van der Waals surface area contributed by atoms with E-state index in [0.29, 0.717) is 24.3 Å². The Labute approximate surface area is 132 Å². The molecule has 7 heteroatoms. The van der Waals surface area contributed by atoms with Crippen LogP contribution < -0.4 is 5.73 Å². The highest BCUT2D eigenvalue weighted by Crippen LogP contribution is 2.28.